The third-order valence-corrected chi connectivity index (χ3v) is 3.60. The topological polar surface area (TPSA) is 35.2 Å². The summed E-state index contributed by atoms with van der Waals surface area (Å²) in [5, 5.41) is 0. The van der Waals surface area contributed by atoms with Crippen LogP contribution in [0.1, 0.15) is 35.6 Å². The van der Waals surface area contributed by atoms with Crippen LogP contribution in [0.5, 0.6) is 5.75 Å². The normalized spacial score (nSPS) is 15.9. The molecule has 1 atom stereocenters. The van der Waals surface area contributed by atoms with Gasteiger partial charge in [-0.3, -0.25) is 0 Å². The molecule has 20 heavy (non-hydrogen) atoms. The molecule has 0 heterocycles. The van der Waals surface area contributed by atoms with Gasteiger partial charge < -0.3 is 10.5 Å². The van der Waals surface area contributed by atoms with Crippen molar-refractivity contribution in [3.8, 4) is 5.75 Å². The van der Waals surface area contributed by atoms with Crippen molar-refractivity contribution in [2.24, 2.45) is 5.73 Å². The number of hydrogen-bond acceptors (Lipinski definition) is 2. The quantitative estimate of drug-likeness (QED) is 0.919. The number of ether oxygens (including phenoxy) is 1. The molecule has 0 radical (unpaired) electrons. The fourth-order valence-corrected chi connectivity index (χ4v) is 2.15. The molecule has 3 heteroatoms. The van der Waals surface area contributed by atoms with E-state index < -0.39 is 0 Å². The number of halogens is 1. The van der Waals surface area contributed by atoms with Crippen molar-refractivity contribution in [3.63, 3.8) is 0 Å². The first kappa shape index (κ1) is 13.1. The van der Waals surface area contributed by atoms with Crippen LogP contribution in [-0.2, 0) is 0 Å². The Labute approximate surface area is 118 Å². The van der Waals surface area contributed by atoms with E-state index in [0.717, 1.165) is 29.7 Å². The van der Waals surface area contributed by atoms with E-state index in [1.807, 2.05) is 30.3 Å². The molecule has 2 aromatic rings. The van der Waals surface area contributed by atoms with Crippen LogP contribution in [0.25, 0.3) is 0 Å². The Bertz CT molecular complexity index is 622. The van der Waals surface area contributed by atoms with Gasteiger partial charge in [-0.15, -0.1) is 0 Å². The highest BCUT2D eigenvalue weighted by Crippen LogP contribution is 2.29. The SMILES string of the molecule is Cc1ccc(C(N)c2cccc(OC3CC3)c2)cc1F. The molecule has 1 aliphatic rings. The van der Waals surface area contributed by atoms with Crippen LogP contribution < -0.4 is 10.5 Å². The van der Waals surface area contributed by atoms with Crippen molar-refractivity contribution >= 4 is 0 Å². The molecule has 0 aromatic heterocycles. The zero-order valence-electron chi connectivity index (χ0n) is 11.5. The second-order valence-corrected chi connectivity index (χ2v) is 5.38. The van der Waals surface area contributed by atoms with Gasteiger partial charge in [-0.1, -0.05) is 24.3 Å². The van der Waals surface area contributed by atoms with Crippen LogP contribution in [0, 0.1) is 12.7 Å². The van der Waals surface area contributed by atoms with Crippen LogP contribution in [0.3, 0.4) is 0 Å². The summed E-state index contributed by atoms with van der Waals surface area (Å²) in [5.41, 5.74) is 8.57. The second kappa shape index (κ2) is 5.25. The summed E-state index contributed by atoms with van der Waals surface area (Å²) in [5.74, 6) is 0.622. The number of nitrogens with two attached hydrogens (primary N) is 1. The minimum atomic E-state index is -0.340. The molecule has 2 N–H and O–H groups in total. The first-order valence-corrected chi connectivity index (χ1v) is 6.92. The number of benzene rings is 2. The van der Waals surface area contributed by atoms with Crippen LogP contribution in [0.2, 0.25) is 0 Å². The van der Waals surface area contributed by atoms with Gasteiger partial charge in [0, 0.05) is 0 Å². The van der Waals surface area contributed by atoms with Crippen LogP contribution >= 0.6 is 0 Å². The molecule has 3 rings (SSSR count). The number of hydrogen-bond donors (Lipinski definition) is 1. The molecule has 104 valence electrons. The zero-order chi connectivity index (χ0) is 14.1. The van der Waals surface area contributed by atoms with Crippen molar-refractivity contribution in [2.75, 3.05) is 0 Å². The predicted octanol–water partition coefficient (Wildman–Crippen LogP) is 3.72. The molecule has 2 nitrogen and oxygen atoms in total. The minimum absolute atomic E-state index is 0.219. The average molecular weight is 271 g/mol. The number of aryl methyl sites for hydroxylation is 1. The maximum Gasteiger partial charge on any atom is 0.126 e. The van der Waals surface area contributed by atoms with Gasteiger partial charge in [0.05, 0.1) is 12.1 Å². The molecule has 0 aliphatic heterocycles. The average Bonchev–Trinajstić information content (AvgIpc) is 3.25. The van der Waals surface area contributed by atoms with E-state index in [1.54, 1.807) is 13.0 Å². The summed E-state index contributed by atoms with van der Waals surface area (Å²) >= 11 is 0. The van der Waals surface area contributed by atoms with Crippen LogP contribution in [0.4, 0.5) is 4.39 Å². The summed E-state index contributed by atoms with van der Waals surface area (Å²) in [4.78, 5) is 0. The molecule has 1 saturated carbocycles. The summed E-state index contributed by atoms with van der Waals surface area (Å²) in [6.07, 6.45) is 2.61. The van der Waals surface area contributed by atoms with Gasteiger partial charge in [-0.05, 0) is 54.7 Å². The highest BCUT2D eigenvalue weighted by atomic mass is 19.1. The largest absolute Gasteiger partial charge is 0.490 e. The molecular weight excluding hydrogens is 253 g/mol. The van der Waals surface area contributed by atoms with E-state index in [9.17, 15) is 4.39 Å². The zero-order valence-corrected chi connectivity index (χ0v) is 11.5. The monoisotopic (exact) mass is 271 g/mol. The molecule has 2 aromatic carbocycles. The lowest BCUT2D eigenvalue weighted by atomic mass is 9.98. The van der Waals surface area contributed by atoms with Gasteiger partial charge in [0.15, 0.2) is 0 Å². The fraction of sp³-hybridized carbons (Fsp3) is 0.294. The summed E-state index contributed by atoms with van der Waals surface area (Å²) in [6, 6.07) is 12.6. The third kappa shape index (κ3) is 2.83. The minimum Gasteiger partial charge on any atom is -0.490 e. The molecule has 1 aliphatic carbocycles. The first-order valence-electron chi connectivity index (χ1n) is 6.92. The number of rotatable bonds is 4. The van der Waals surface area contributed by atoms with Gasteiger partial charge in [-0.2, -0.15) is 0 Å². The van der Waals surface area contributed by atoms with E-state index in [1.165, 1.54) is 6.07 Å². The van der Waals surface area contributed by atoms with Crippen molar-refractivity contribution in [2.45, 2.75) is 31.9 Å². The Balaban J connectivity index is 1.84. The Morgan fingerprint density at radius 2 is 1.90 bits per heavy atom. The molecule has 0 bridgehead atoms. The predicted molar refractivity (Wildman–Crippen MR) is 77.3 cm³/mol. The van der Waals surface area contributed by atoms with Crippen molar-refractivity contribution in [3.05, 3.63) is 65.0 Å². The van der Waals surface area contributed by atoms with Crippen molar-refractivity contribution in [1.82, 2.24) is 0 Å². The van der Waals surface area contributed by atoms with E-state index >= 15 is 0 Å². The molecule has 1 fully saturated rings. The van der Waals surface area contributed by atoms with Crippen LogP contribution in [-0.4, -0.2) is 6.10 Å². The summed E-state index contributed by atoms with van der Waals surface area (Å²) in [7, 11) is 0. The molecular formula is C17H18FNO. The first-order chi connectivity index (χ1) is 9.63. The van der Waals surface area contributed by atoms with E-state index in [4.69, 9.17) is 10.5 Å². The lowest BCUT2D eigenvalue weighted by Crippen LogP contribution is -2.12. The lowest BCUT2D eigenvalue weighted by Gasteiger charge is -2.15. The highest BCUT2D eigenvalue weighted by molar-refractivity contribution is 5.37. The van der Waals surface area contributed by atoms with Gasteiger partial charge in [-0.25, -0.2) is 4.39 Å². The van der Waals surface area contributed by atoms with Crippen molar-refractivity contribution in [1.29, 1.82) is 0 Å². The Morgan fingerprint density at radius 3 is 2.60 bits per heavy atom. The second-order valence-electron chi connectivity index (χ2n) is 5.38. The maximum absolute atomic E-state index is 13.6. The summed E-state index contributed by atoms with van der Waals surface area (Å²) in [6.45, 7) is 1.74. The molecule has 0 saturated heterocycles. The van der Waals surface area contributed by atoms with E-state index in [-0.39, 0.29) is 11.9 Å². The Hall–Kier alpha value is -1.87. The van der Waals surface area contributed by atoms with Gasteiger partial charge in [0.2, 0.25) is 0 Å². The maximum atomic E-state index is 13.6. The Morgan fingerprint density at radius 1 is 1.15 bits per heavy atom. The van der Waals surface area contributed by atoms with Crippen LogP contribution in [0.15, 0.2) is 42.5 Å². The van der Waals surface area contributed by atoms with E-state index in [2.05, 4.69) is 0 Å². The smallest absolute Gasteiger partial charge is 0.126 e. The fourth-order valence-electron chi connectivity index (χ4n) is 2.15. The lowest BCUT2D eigenvalue weighted by molar-refractivity contribution is 0.303. The van der Waals surface area contributed by atoms with E-state index in [0.29, 0.717) is 11.7 Å². The standard InChI is InChI=1S/C17H18FNO/c1-11-5-6-13(10-16(11)18)17(19)12-3-2-4-15(9-12)20-14-7-8-14/h2-6,9-10,14,17H,7-8,19H2,1H3. The Kier molecular flexibility index (Phi) is 3.45. The van der Waals surface area contributed by atoms with Crippen molar-refractivity contribution < 1.29 is 9.13 Å². The van der Waals surface area contributed by atoms with Gasteiger partial charge >= 0.3 is 0 Å². The molecule has 0 amide bonds. The molecule has 1 unspecified atom stereocenters. The van der Waals surface area contributed by atoms with Gasteiger partial charge in [0.25, 0.3) is 0 Å². The molecule has 0 spiro atoms. The summed E-state index contributed by atoms with van der Waals surface area (Å²) < 4.78 is 19.4. The van der Waals surface area contributed by atoms with Gasteiger partial charge in [0.1, 0.15) is 11.6 Å². The third-order valence-electron chi connectivity index (χ3n) is 3.60. The highest BCUT2D eigenvalue weighted by Gasteiger charge is 2.23.